The van der Waals surface area contributed by atoms with Crippen molar-refractivity contribution in [2.24, 2.45) is 5.92 Å². The van der Waals surface area contributed by atoms with Gasteiger partial charge in [-0.2, -0.15) is 0 Å². The lowest BCUT2D eigenvalue weighted by Gasteiger charge is -2.35. The summed E-state index contributed by atoms with van der Waals surface area (Å²) < 4.78 is 0. The van der Waals surface area contributed by atoms with Crippen LogP contribution >= 0.6 is 0 Å². The van der Waals surface area contributed by atoms with Gasteiger partial charge in [0.2, 0.25) is 11.8 Å². The summed E-state index contributed by atoms with van der Waals surface area (Å²) in [5, 5.41) is 7.94. The van der Waals surface area contributed by atoms with E-state index in [1.165, 1.54) is 0 Å². The summed E-state index contributed by atoms with van der Waals surface area (Å²) in [7, 11) is 0. The van der Waals surface area contributed by atoms with Crippen LogP contribution < -0.4 is 16.0 Å². The van der Waals surface area contributed by atoms with Gasteiger partial charge in [-0.1, -0.05) is 13.3 Å². The molecule has 7 heteroatoms. The van der Waals surface area contributed by atoms with E-state index in [0.717, 1.165) is 32.2 Å². The highest BCUT2D eigenvalue weighted by Crippen LogP contribution is 2.19. The zero-order valence-electron chi connectivity index (χ0n) is 15.4. The Bertz CT molecular complexity index is 442. The topological polar surface area (TPSA) is 90.5 Å². The molecule has 0 bridgehead atoms. The molecule has 7 nitrogen and oxygen atoms in total. The molecule has 3 N–H and O–H groups in total. The van der Waals surface area contributed by atoms with Crippen LogP contribution in [0.1, 0.15) is 53.4 Å². The standard InChI is InChI=1S/C17H32N4O3/c1-5-8-12(3)19-16(23)14-9-7-10-21(11-14)13(4)15(22)20-17(24)18-6-2/h12-14H,5-11H2,1-4H3,(H,19,23)(H2,18,20,22,24). The molecule has 138 valence electrons. The van der Waals surface area contributed by atoms with E-state index in [9.17, 15) is 14.4 Å². The zero-order chi connectivity index (χ0) is 18.1. The Morgan fingerprint density at radius 3 is 2.54 bits per heavy atom. The monoisotopic (exact) mass is 340 g/mol. The van der Waals surface area contributed by atoms with Crippen LogP contribution in [0.2, 0.25) is 0 Å². The van der Waals surface area contributed by atoms with Gasteiger partial charge in [0, 0.05) is 19.1 Å². The molecule has 4 amide bonds. The second kappa shape index (κ2) is 10.3. The van der Waals surface area contributed by atoms with Gasteiger partial charge in [0.15, 0.2) is 0 Å². The average molecular weight is 340 g/mol. The number of imide groups is 1. The predicted molar refractivity (Wildman–Crippen MR) is 93.5 cm³/mol. The minimum absolute atomic E-state index is 0.0667. The molecule has 3 unspecified atom stereocenters. The molecule has 1 aliphatic rings. The number of hydrogen-bond donors (Lipinski definition) is 3. The van der Waals surface area contributed by atoms with Crippen LogP contribution in [0.3, 0.4) is 0 Å². The summed E-state index contributed by atoms with van der Waals surface area (Å²) in [5.74, 6) is -0.365. The maximum Gasteiger partial charge on any atom is 0.321 e. The highest BCUT2D eigenvalue weighted by molar-refractivity contribution is 5.96. The van der Waals surface area contributed by atoms with Gasteiger partial charge in [-0.15, -0.1) is 0 Å². The molecule has 0 aliphatic carbocycles. The van der Waals surface area contributed by atoms with Gasteiger partial charge < -0.3 is 10.6 Å². The minimum Gasteiger partial charge on any atom is -0.353 e. The van der Waals surface area contributed by atoms with Gasteiger partial charge in [0.25, 0.3) is 0 Å². The third-order valence-electron chi connectivity index (χ3n) is 4.44. The lowest BCUT2D eigenvalue weighted by atomic mass is 9.95. The molecule has 1 rings (SSSR count). The Morgan fingerprint density at radius 2 is 1.92 bits per heavy atom. The van der Waals surface area contributed by atoms with Crippen LogP contribution in [-0.4, -0.2) is 54.5 Å². The molecule has 1 heterocycles. The maximum atomic E-state index is 12.4. The highest BCUT2D eigenvalue weighted by Gasteiger charge is 2.31. The summed E-state index contributed by atoms with van der Waals surface area (Å²) in [6, 6.07) is -0.735. The molecule has 0 spiro atoms. The van der Waals surface area contributed by atoms with Gasteiger partial charge >= 0.3 is 6.03 Å². The number of urea groups is 1. The van der Waals surface area contributed by atoms with E-state index in [1.807, 2.05) is 11.8 Å². The minimum atomic E-state index is -0.478. The van der Waals surface area contributed by atoms with E-state index in [-0.39, 0.29) is 23.8 Å². The molecule has 0 saturated carbocycles. The number of likely N-dealkylation sites (tertiary alicyclic amines) is 1. The Morgan fingerprint density at radius 1 is 1.21 bits per heavy atom. The molecular formula is C17H32N4O3. The quantitative estimate of drug-likeness (QED) is 0.650. The van der Waals surface area contributed by atoms with Crippen LogP contribution in [0.25, 0.3) is 0 Å². The molecule has 0 radical (unpaired) electrons. The van der Waals surface area contributed by atoms with Crippen LogP contribution in [0, 0.1) is 5.92 Å². The normalized spacial score (nSPS) is 20.8. The highest BCUT2D eigenvalue weighted by atomic mass is 16.2. The van der Waals surface area contributed by atoms with E-state index in [0.29, 0.717) is 13.1 Å². The molecule has 0 aromatic rings. The fraction of sp³-hybridized carbons (Fsp3) is 0.824. The van der Waals surface area contributed by atoms with Gasteiger partial charge in [0.05, 0.1) is 12.0 Å². The fourth-order valence-electron chi connectivity index (χ4n) is 3.02. The lowest BCUT2D eigenvalue weighted by molar-refractivity contribution is -0.131. The van der Waals surface area contributed by atoms with Crippen molar-refractivity contribution in [3.63, 3.8) is 0 Å². The van der Waals surface area contributed by atoms with Crippen molar-refractivity contribution in [2.45, 2.75) is 65.5 Å². The number of rotatable bonds is 7. The molecular weight excluding hydrogens is 308 g/mol. The number of piperidine rings is 1. The predicted octanol–water partition coefficient (Wildman–Crippen LogP) is 1.24. The van der Waals surface area contributed by atoms with Crippen molar-refractivity contribution in [1.29, 1.82) is 0 Å². The summed E-state index contributed by atoms with van der Waals surface area (Å²) in [6.07, 6.45) is 3.72. The van der Waals surface area contributed by atoms with Crippen molar-refractivity contribution in [3.05, 3.63) is 0 Å². The molecule has 3 atom stereocenters. The van der Waals surface area contributed by atoms with Crippen molar-refractivity contribution in [3.8, 4) is 0 Å². The van der Waals surface area contributed by atoms with Gasteiger partial charge in [-0.3, -0.25) is 19.8 Å². The first-order chi connectivity index (χ1) is 11.4. The molecule has 1 saturated heterocycles. The van der Waals surface area contributed by atoms with Crippen LogP contribution in [0.15, 0.2) is 0 Å². The van der Waals surface area contributed by atoms with Crippen molar-refractivity contribution < 1.29 is 14.4 Å². The van der Waals surface area contributed by atoms with Crippen LogP contribution in [-0.2, 0) is 9.59 Å². The zero-order valence-corrected chi connectivity index (χ0v) is 15.4. The Labute approximate surface area is 144 Å². The van der Waals surface area contributed by atoms with Crippen LogP contribution in [0.4, 0.5) is 4.79 Å². The third kappa shape index (κ3) is 6.47. The largest absolute Gasteiger partial charge is 0.353 e. The summed E-state index contributed by atoms with van der Waals surface area (Å²) >= 11 is 0. The van der Waals surface area contributed by atoms with Gasteiger partial charge in [-0.25, -0.2) is 4.79 Å². The molecule has 0 aromatic heterocycles. The first-order valence-electron chi connectivity index (χ1n) is 9.02. The van der Waals surface area contributed by atoms with E-state index in [1.54, 1.807) is 13.8 Å². The van der Waals surface area contributed by atoms with Gasteiger partial charge in [0.1, 0.15) is 0 Å². The Balaban J connectivity index is 2.53. The Hall–Kier alpha value is -1.63. The second-order valence-electron chi connectivity index (χ2n) is 6.56. The molecule has 1 fully saturated rings. The van der Waals surface area contributed by atoms with E-state index in [4.69, 9.17) is 0 Å². The third-order valence-corrected chi connectivity index (χ3v) is 4.44. The van der Waals surface area contributed by atoms with Crippen molar-refractivity contribution in [1.82, 2.24) is 20.9 Å². The number of carbonyl (C=O) groups excluding carboxylic acids is 3. The second-order valence-corrected chi connectivity index (χ2v) is 6.56. The fourth-order valence-corrected chi connectivity index (χ4v) is 3.02. The number of hydrogen-bond acceptors (Lipinski definition) is 4. The number of nitrogens with one attached hydrogen (secondary N) is 3. The van der Waals surface area contributed by atoms with E-state index < -0.39 is 12.1 Å². The maximum absolute atomic E-state index is 12.4. The molecule has 24 heavy (non-hydrogen) atoms. The summed E-state index contributed by atoms with van der Waals surface area (Å²) in [6.45, 7) is 9.46. The number of nitrogens with zero attached hydrogens (tertiary/aromatic N) is 1. The first kappa shape index (κ1) is 20.4. The average Bonchev–Trinajstić information content (AvgIpc) is 2.54. The SMILES string of the molecule is CCCC(C)NC(=O)C1CCCN(C(C)C(=O)NC(=O)NCC)C1. The first-order valence-corrected chi connectivity index (χ1v) is 9.02. The molecule has 1 aliphatic heterocycles. The van der Waals surface area contributed by atoms with E-state index >= 15 is 0 Å². The van der Waals surface area contributed by atoms with E-state index in [2.05, 4.69) is 22.9 Å². The Kier molecular flexibility index (Phi) is 8.74. The number of carbonyl (C=O) groups is 3. The number of amides is 4. The van der Waals surface area contributed by atoms with Crippen LogP contribution in [0.5, 0.6) is 0 Å². The molecule has 0 aromatic carbocycles. The summed E-state index contributed by atoms with van der Waals surface area (Å²) in [5.41, 5.74) is 0. The summed E-state index contributed by atoms with van der Waals surface area (Å²) in [4.78, 5) is 38.0. The smallest absolute Gasteiger partial charge is 0.321 e. The van der Waals surface area contributed by atoms with Gasteiger partial charge in [-0.05, 0) is 46.6 Å². The van der Waals surface area contributed by atoms with Crippen molar-refractivity contribution in [2.75, 3.05) is 19.6 Å². The van der Waals surface area contributed by atoms with Crippen molar-refractivity contribution >= 4 is 17.8 Å². The lowest BCUT2D eigenvalue weighted by Crippen LogP contribution is -2.53.